The van der Waals surface area contributed by atoms with Crippen LogP contribution in [0.15, 0.2) is 18.3 Å². The number of carbonyl (C=O) groups is 3. The molecule has 0 aromatic carbocycles. The van der Waals surface area contributed by atoms with Crippen LogP contribution in [0.25, 0.3) is 0 Å². The number of amides is 2. The van der Waals surface area contributed by atoms with E-state index in [1.807, 2.05) is 6.26 Å². The summed E-state index contributed by atoms with van der Waals surface area (Å²) in [5.41, 5.74) is 0. The van der Waals surface area contributed by atoms with Crippen molar-refractivity contribution in [2.75, 3.05) is 30.1 Å². The normalized spacial score (nSPS) is 14.7. The van der Waals surface area contributed by atoms with Gasteiger partial charge in [0.05, 0.1) is 0 Å². The molecule has 0 saturated heterocycles. The molecule has 1 aliphatic heterocycles. The maximum Gasteiger partial charge on any atom is 0.326 e. The number of nitrogens with zero attached hydrogens (tertiary/aromatic N) is 2. The molecule has 1 aromatic rings. The van der Waals surface area contributed by atoms with E-state index in [-0.39, 0.29) is 19.0 Å². The summed E-state index contributed by atoms with van der Waals surface area (Å²) in [7, 11) is 0. The van der Waals surface area contributed by atoms with Crippen LogP contribution >= 0.6 is 11.8 Å². The zero-order valence-electron chi connectivity index (χ0n) is 12.5. The van der Waals surface area contributed by atoms with Crippen molar-refractivity contribution in [3.63, 3.8) is 0 Å². The number of hydrogen-bond acceptors (Lipinski definition) is 6. The lowest BCUT2D eigenvalue weighted by Crippen LogP contribution is -2.49. The van der Waals surface area contributed by atoms with E-state index >= 15 is 0 Å². The van der Waals surface area contributed by atoms with Gasteiger partial charge in [0, 0.05) is 6.20 Å². The van der Waals surface area contributed by atoms with Crippen LogP contribution in [0.4, 0.5) is 5.82 Å². The number of ether oxygens (including phenoxy) is 1. The molecule has 2 rings (SSSR count). The number of fused-ring (bicyclic) bond motifs is 1. The fourth-order valence-electron chi connectivity index (χ4n) is 2.07. The van der Waals surface area contributed by atoms with Gasteiger partial charge in [0.1, 0.15) is 12.6 Å². The fourth-order valence-corrected chi connectivity index (χ4v) is 2.54. The van der Waals surface area contributed by atoms with Gasteiger partial charge in [-0.15, -0.1) is 0 Å². The summed E-state index contributed by atoms with van der Waals surface area (Å²) in [5.74, 6) is -0.767. The van der Waals surface area contributed by atoms with Crippen molar-refractivity contribution in [2.24, 2.45) is 0 Å². The summed E-state index contributed by atoms with van der Waals surface area (Å²) in [5, 5.41) is 11.6. The summed E-state index contributed by atoms with van der Waals surface area (Å²) in [6.45, 7) is -0.476. The van der Waals surface area contributed by atoms with Crippen molar-refractivity contribution in [2.45, 2.75) is 12.5 Å². The molecule has 23 heavy (non-hydrogen) atoms. The second-order valence-corrected chi connectivity index (χ2v) is 5.82. The highest BCUT2D eigenvalue weighted by Gasteiger charge is 2.29. The number of carboxylic acid groups (broad SMARTS) is 1. The molecular formula is C14H17N3O5S. The quantitative estimate of drug-likeness (QED) is 0.727. The minimum absolute atomic E-state index is 0.180. The lowest BCUT2D eigenvalue weighted by molar-refractivity contribution is -0.141. The molecule has 2 amide bonds. The van der Waals surface area contributed by atoms with E-state index in [1.54, 1.807) is 12.1 Å². The molecule has 1 aliphatic rings. The predicted octanol–water partition coefficient (Wildman–Crippen LogP) is 0.129. The van der Waals surface area contributed by atoms with Gasteiger partial charge in [-0.3, -0.25) is 14.5 Å². The molecule has 9 heteroatoms. The third-order valence-corrected chi connectivity index (χ3v) is 3.85. The van der Waals surface area contributed by atoms with Crippen LogP contribution in [0.5, 0.6) is 5.75 Å². The second-order valence-electron chi connectivity index (χ2n) is 4.83. The van der Waals surface area contributed by atoms with E-state index in [0.717, 1.165) is 0 Å². The fraction of sp³-hybridized carbons (Fsp3) is 0.429. The van der Waals surface area contributed by atoms with Crippen LogP contribution in [0.3, 0.4) is 0 Å². The topological polar surface area (TPSA) is 109 Å². The number of nitrogens with one attached hydrogen (secondary N) is 1. The van der Waals surface area contributed by atoms with Gasteiger partial charge < -0.3 is 15.2 Å². The maximum absolute atomic E-state index is 12.1. The van der Waals surface area contributed by atoms with Crippen molar-refractivity contribution in [1.82, 2.24) is 10.3 Å². The first-order chi connectivity index (χ1) is 11.0. The van der Waals surface area contributed by atoms with Gasteiger partial charge in [0.25, 0.3) is 5.91 Å². The first-order valence-corrected chi connectivity index (χ1v) is 8.31. The maximum atomic E-state index is 12.1. The Labute approximate surface area is 137 Å². The molecule has 2 N–H and O–H groups in total. The Hall–Kier alpha value is -2.29. The van der Waals surface area contributed by atoms with Gasteiger partial charge in [-0.2, -0.15) is 11.8 Å². The van der Waals surface area contributed by atoms with Gasteiger partial charge in [0.15, 0.2) is 18.2 Å². The van der Waals surface area contributed by atoms with Gasteiger partial charge in [-0.25, -0.2) is 9.78 Å². The van der Waals surface area contributed by atoms with Crippen LogP contribution < -0.4 is 15.0 Å². The molecule has 1 aromatic heterocycles. The Morgan fingerprint density at radius 2 is 2.35 bits per heavy atom. The van der Waals surface area contributed by atoms with Crippen molar-refractivity contribution < 1.29 is 24.2 Å². The first kappa shape index (κ1) is 17.1. The molecule has 0 radical (unpaired) electrons. The SMILES string of the molecule is CSCCC(NC(=O)CN1C(=O)COc2cccnc21)C(=O)O. The van der Waals surface area contributed by atoms with E-state index < -0.39 is 23.8 Å². The molecule has 0 saturated carbocycles. The predicted molar refractivity (Wildman–Crippen MR) is 84.7 cm³/mol. The average molecular weight is 339 g/mol. The number of carboxylic acids is 1. The third kappa shape index (κ3) is 4.35. The van der Waals surface area contributed by atoms with Gasteiger partial charge in [-0.05, 0) is 30.6 Å². The summed E-state index contributed by atoms with van der Waals surface area (Å²) in [4.78, 5) is 40.4. The van der Waals surface area contributed by atoms with Crippen LogP contribution in [0.1, 0.15) is 6.42 Å². The van der Waals surface area contributed by atoms with Crippen molar-refractivity contribution in [3.05, 3.63) is 18.3 Å². The Morgan fingerprint density at radius 3 is 3.04 bits per heavy atom. The minimum Gasteiger partial charge on any atom is -0.480 e. The minimum atomic E-state index is -1.10. The summed E-state index contributed by atoms with van der Waals surface area (Å²) in [6, 6.07) is 2.34. The first-order valence-electron chi connectivity index (χ1n) is 6.92. The number of thioether (sulfide) groups is 1. The van der Waals surface area contributed by atoms with Crippen LogP contribution in [0, 0.1) is 0 Å². The number of aromatic nitrogens is 1. The molecule has 124 valence electrons. The number of anilines is 1. The Morgan fingerprint density at radius 1 is 1.57 bits per heavy atom. The highest BCUT2D eigenvalue weighted by molar-refractivity contribution is 7.98. The Balaban J connectivity index is 2.04. The second kappa shape index (κ2) is 7.82. The van der Waals surface area contributed by atoms with Gasteiger partial charge in [-0.1, -0.05) is 0 Å². The summed E-state index contributed by atoms with van der Waals surface area (Å²) in [6.07, 6.45) is 3.66. The van der Waals surface area contributed by atoms with Crippen LogP contribution in [-0.2, 0) is 14.4 Å². The standard InChI is InChI=1S/C14H17N3O5S/c1-23-6-4-9(14(20)21)16-11(18)7-17-12(19)8-22-10-3-2-5-15-13(10)17/h2-3,5,9H,4,6-8H2,1H3,(H,16,18)(H,20,21). The zero-order valence-corrected chi connectivity index (χ0v) is 13.3. The van der Waals surface area contributed by atoms with Crippen LogP contribution in [0.2, 0.25) is 0 Å². The Kier molecular flexibility index (Phi) is 5.80. The number of aliphatic carboxylic acids is 1. The molecule has 2 heterocycles. The molecule has 0 fully saturated rings. The lowest BCUT2D eigenvalue weighted by atomic mass is 10.2. The lowest BCUT2D eigenvalue weighted by Gasteiger charge is -2.27. The van der Waals surface area contributed by atoms with Gasteiger partial charge >= 0.3 is 5.97 Å². The molecule has 8 nitrogen and oxygen atoms in total. The third-order valence-electron chi connectivity index (χ3n) is 3.20. The number of rotatable bonds is 7. The molecule has 0 spiro atoms. The highest BCUT2D eigenvalue weighted by atomic mass is 32.2. The van der Waals surface area contributed by atoms with Crippen LogP contribution in [-0.4, -0.2) is 59.1 Å². The van der Waals surface area contributed by atoms with Crippen molar-refractivity contribution >= 4 is 35.4 Å². The monoisotopic (exact) mass is 339 g/mol. The molecule has 1 unspecified atom stereocenters. The molecule has 0 aliphatic carbocycles. The molecular weight excluding hydrogens is 322 g/mol. The molecule has 0 bridgehead atoms. The van der Waals surface area contributed by atoms with Gasteiger partial charge in [0.2, 0.25) is 5.91 Å². The summed E-state index contributed by atoms with van der Waals surface area (Å²) < 4.78 is 5.24. The number of pyridine rings is 1. The van der Waals surface area contributed by atoms with E-state index in [1.165, 1.54) is 22.9 Å². The Bertz CT molecular complexity index is 610. The van der Waals surface area contributed by atoms with Crippen molar-refractivity contribution in [1.29, 1.82) is 0 Å². The van der Waals surface area contributed by atoms with E-state index in [0.29, 0.717) is 17.9 Å². The zero-order chi connectivity index (χ0) is 16.8. The highest BCUT2D eigenvalue weighted by Crippen LogP contribution is 2.28. The molecule has 1 atom stereocenters. The van der Waals surface area contributed by atoms with E-state index in [4.69, 9.17) is 9.84 Å². The summed E-state index contributed by atoms with van der Waals surface area (Å²) >= 11 is 1.50. The van der Waals surface area contributed by atoms with E-state index in [2.05, 4.69) is 10.3 Å². The average Bonchev–Trinajstić information content (AvgIpc) is 2.54. The van der Waals surface area contributed by atoms with E-state index in [9.17, 15) is 14.4 Å². The number of hydrogen-bond donors (Lipinski definition) is 2. The largest absolute Gasteiger partial charge is 0.480 e. The number of carbonyl (C=O) groups excluding carboxylic acids is 2. The smallest absolute Gasteiger partial charge is 0.326 e. The van der Waals surface area contributed by atoms with Crippen molar-refractivity contribution in [3.8, 4) is 5.75 Å².